The topological polar surface area (TPSA) is 46.2 Å². The van der Waals surface area contributed by atoms with Gasteiger partial charge in [0.1, 0.15) is 0 Å². The van der Waals surface area contributed by atoms with Gasteiger partial charge < -0.3 is 5.32 Å². The molecule has 1 saturated carbocycles. The van der Waals surface area contributed by atoms with Crippen molar-refractivity contribution in [3.8, 4) is 0 Å². The molecule has 0 spiro atoms. The molecule has 0 radical (unpaired) electrons. The Labute approximate surface area is 105 Å². The van der Waals surface area contributed by atoms with Crippen LogP contribution in [-0.2, 0) is 9.84 Å². The van der Waals surface area contributed by atoms with Crippen molar-refractivity contribution in [3.63, 3.8) is 0 Å². The minimum atomic E-state index is -4.56. The first-order chi connectivity index (χ1) is 8.35. The van der Waals surface area contributed by atoms with Crippen LogP contribution in [0.3, 0.4) is 0 Å². The van der Waals surface area contributed by atoms with Gasteiger partial charge in [0, 0.05) is 5.54 Å². The van der Waals surface area contributed by atoms with Gasteiger partial charge >= 0.3 is 5.76 Å². The molecule has 0 bridgehead atoms. The van der Waals surface area contributed by atoms with Gasteiger partial charge in [-0.1, -0.05) is 12.1 Å². The molecule has 18 heavy (non-hydrogen) atoms. The molecule has 1 aliphatic carbocycles. The molecule has 0 heterocycles. The van der Waals surface area contributed by atoms with Crippen LogP contribution in [0.15, 0.2) is 29.2 Å². The smallest absolute Gasteiger partial charge is 0.341 e. The summed E-state index contributed by atoms with van der Waals surface area (Å²) in [7, 11) is -4.56. The van der Waals surface area contributed by atoms with Gasteiger partial charge in [0.2, 0.25) is 9.84 Å². The molecular formula is C12H15F2NO2S. The minimum Gasteiger partial charge on any atom is -0.379 e. The van der Waals surface area contributed by atoms with Gasteiger partial charge in [0.05, 0.1) is 10.6 Å². The van der Waals surface area contributed by atoms with Crippen molar-refractivity contribution in [2.75, 3.05) is 5.32 Å². The third-order valence-electron chi connectivity index (χ3n) is 3.32. The third kappa shape index (κ3) is 2.34. The zero-order valence-electron chi connectivity index (χ0n) is 9.99. The number of alkyl halides is 2. The maximum atomic E-state index is 12.6. The van der Waals surface area contributed by atoms with Crippen LogP contribution >= 0.6 is 0 Å². The number of hydrogen-bond donors (Lipinski definition) is 1. The normalized spacial score (nSPS) is 18.4. The molecule has 0 unspecified atom stereocenters. The Bertz CT molecular complexity index is 539. The van der Waals surface area contributed by atoms with Crippen molar-refractivity contribution >= 4 is 15.5 Å². The number of rotatable bonds is 4. The van der Waals surface area contributed by atoms with E-state index in [1.54, 1.807) is 6.07 Å². The Morgan fingerprint density at radius 2 is 1.89 bits per heavy atom. The van der Waals surface area contributed by atoms with E-state index in [1.165, 1.54) is 18.2 Å². The molecule has 1 N–H and O–H groups in total. The van der Waals surface area contributed by atoms with E-state index in [4.69, 9.17) is 0 Å². The fourth-order valence-electron chi connectivity index (χ4n) is 2.07. The summed E-state index contributed by atoms with van der Waals surface area (Å²) >= 11 is 0. The molecule has 1 aromatic carbocycles. The lowest BCUT2D eigenvalue weighted by atomic mass is 9.78. The lowest BCUT2D eigenvalue weighted by Gasteiger charge is -2.40. The highest BCUT2D eigenvalue weighted by Crippen LogP contribution is 2.37. The summed E-state index contributed by atoms with van der Waals surface area (Å²) in [5.41, 5.74) is 0.0771. The van der Waals surface area contributed by atoms with Crippen LogP contribution < -0.4 is 5.32 Å². The van der Waals surface area contributed by atoms with E-state index in [2.05, 4.69) is 5.32 Å². The molecule has 1 fully saturated rings. The highest BCUT2D eigenvalue weighted by Gasteiger charge is 2.35. The third-order valence-corrected chi connectivity index (χ3v) is 4.76. The van der Waals surface area contributed by atoms with Crippen LogP contribution in [0.1, 0.15) is 26.2 Å². The van der Waals surface area contributed by atoms with E-state index in [-0.39, 0.29) is 16.1 Å². The molecule has 0 aromatic heterocycles. The predicted octanol–water partition coefficient (Wildman–Crippen LogP) is 3.04. The molecule has 0 saturated heterocycles. The Morgan fingerprint density at radius 1 is 1.28 bits per heavy atom. The Hall–Kier alpha value is -1.17. The second kappa shape index (κ2) is 4.50. The van der Waals surface area contributed by atoms with Crippen LogP contribution in [0.4, 0.5) is 14.5 Å². The van der Waals surface area contributed by atoms with E-state index in [0.29, 0.717) is 0 Å². The SMILES string of the molecule is CC1(Nc2ccccc2S(=O)(=O)C(F)F)CCC1. The average Bonchev–Trinajstić information content (AvgIpc) is 2.27. The van der Waals surface area contributed by atoms with Crippen LogP contribution in [-0.4, -0.2) is 19.7 Å². The van der Waals surface area contributed by atoms with Crippen molar-refractivity contribution in [1.82, 2.24) is 0 Å². The van der Waals surface area contributed by atoms with Crippen LogP contribution in [0.25, 0.3) is 0 Å². The van der Waals surface area contributed by atoms with E-state index in [1.807, 2.05) is 6.92 Å². The van der Waals surface area contributed by atoms with Crippen LogP contribution in [0, 0.1) is 0 Å². The number of benzene rings is 1. The monoisotopic (exact) mass is 275 g/mol. The number of sulfone groups is 1. The molecule has 1 aromatic rings. The van der Waals surface area contributed by atoms with Gasteiger partial charge in [0.15, 0.2) is 0 Å². The quantitative estimate of drug-likeness (QED) is 0.918. The van der Waals surface area contributed by atoms with E-state index in [9.17, 15) is 17.2 Å². The zero-order valence-corrected chi connectivity index (χ0v) is 10.8. The highest BCUT2D eigenvalue weighted by molar-refractivity contribution is 7.91. The largest absolute Gasteiger partial charge is 0.379 e. The van der Waals surface area contributed by atoms with Gasteiger partial charge in [-0.25, -0.2) is 8.42 Å². The Kier molecular flexibility index (Phi) is 3.31. The van der Waals surface area contributed by atoms with Crippen molar-refractivity contribution in [2.24, 2.45) is 0 Å². The maximum Gasteiger partial charge on any atom is 0.341 e. The summed E-state index contributed by atoms with van der Waals surface area (Å²) in [5.74, 6) is -3.39. The second-order valence-electron chi connectivity index (χ2n) is 4.84. The van der Waals surface area contributed by atoms with Gasteiger partial charge in [-0.3, -0.25) is 0 Å². The molecule has 2 rings (SSSR count). The van der Waals surface area contributed by atoms with Crippen molar-refractivity contribution < 1.29 is 17.2 Å². The summed E-state index contributed by atoms with van der Waals surface area (Å²) in [6.07, 6.45) is 2.89. The first kappa shape index (κ1) is 13.3. The highest BCUT2D eigenvalue weighted by atomic mass is 32.2. The van der Waals surface area contributed by atoms with Crippen molar-refractivity contribution in [1.29, 1.82) is 0 Å². The van der Waals surface area contributed by atoms with Crippen LogP contribution in [0.2, 0.25) is 0 Å². The number of para-hydroxylation sites is 1. The van der Waals surface area contributed by atoms with Crippen molar-refractivity contribution in [3.05, 3.63) is 24.3 Å². The maximum absolute atomic E-state index is 12.6. The summed E-state index contributed by atoms with van der Waals surface area (Å²) < 4.78 is 48.3. The Morgan fingerprint density at radius 3 is 2.39 bits per heavy atom. The Balaban J connectivity index is 2.37. The lowest BCUT2D eigenvalue weighted by molar-refractivity contribution is 0.234. The number of halogens is 2. The van der Waals surface area contributed by atoms with E-state index >= 15 is 0 Å². The van der Waals surface area contributed by atoms with E-state index in [0.717, 1.165) is 19.3 Å². The van der Waals surface area contributed by atoms with Crippen molar-refractivity contribution in [2.45, 2.75) is 42.4 Å². The number of nitrogens with one attached hydrogen (secondary N) is 1. The summed E-state index contributed by atoms with van der Waals surface area (Å²) in [6, 6.07) is 5.82. The fraction of sp³-hybridized carbons (Fsp3) is 0.500. The van der Waals surface area contributed by atoms with Gasteiger partial charge in [-0.05, 0) is 38.3 Å². The van der Waals surface area contributed by atoms with Crippen LogP contribution in [0.5, 0.6) is 0 Å². The lowest BCUT2D eigenvalue weighted by Crippen LogP contribution is -2.42. The average molecular weight is 275 g/mol. The number of anilines is 1. The number of hydrogen-bond acceptors (Lipinski definition) is 3. The summed E-state index contributed by atoms with van der Waals surface area (Å²) in [4.78, 5) is -0.326. The molecule has 3 nitrogen and oxygen atoms in total. The fourth-order valence-corrected chi connectivity index (χ4v) is 2.96. The van der Waals surface area contributed by atoms with Gasteiger partial charge in [-0.15, -0.1) is 0 Å². The minimum absolute atomic E-state index is 0.187. The molecule has 1 aliphatic rings. The first-order valence-electron chi connectivity index (χ1n) is 5.74. The summed E-state index contributed by atoms with van der Waals surface area (Å²) in [5, 5.41) is 3.07. The van der Waals surface area contributed by atoms with Gasteiger partial charge in [0.25, 0.3) is 0 Å². The van der Waals surface area contributed by atoms with Gasteiger partial charge in [-0.2, -0.15) is 8.78 Å². The first-order valence-corrected chi connectivity index (χ1v) is 7.29. The molecular weight excluding hydrogens is 260 g/mol. The molecule has 0 atom stereocenters. The molecule has 6 heteroatoms. The summed E-state index contributed by atoms with van der Waals surface area (Å²) in [6.45, 7) is 1.96. The second-order valence-corrected chi connectivity index (χ2v) is 6.73. The molecule has 0 aliphatic heterocycles. The molecule has 0 amide bonds. The molecule has 100 valence electrons. The van der Waals surface area contributed by atoms with E-state index < -0.39 is 15.6 Å². The predicted molar refractivity (Wildman–Crippen MR) is 65.5 cm³/mol. The zero-order chi connectivity index (χ0) is 13.4. The standard InChI is InChI=1S/C12H15F2NO2S/c1-12(7-4-8-12)15-9-5-2-3-6-10(9)18(16,17)11(13)14/h2-3,5-6,11,15H,4,7-8H2,1H3.